The minimum absolute atomic E-state index is 0. The minimum Gasteiger partial charge on any atom is -0.316 e. The van der Waals surface area contributed by atoms with Crippen LogP contribution >= 0.6 is 24.8 Å². The van der Waals surface area contributed by atoms with Gasteiger partial charge in [0, 0.05) is 18.2 Å². The molecule has 0 aliphatic carbocycles. The van der Waals surface area contributed by atoms with Gasteiger partial charge in [0.15, 0.2) is 0 Å². The summed E-state index contributed by atoms with van der Waals surface area (Å²) in [6.07, 6.45) is 2.40. The maximum Gasteiger partial charge on any atom is 0.141 e. The number of rotatable bonds is 1. The fourth-order valence-corrected chi connectivity index (χ4v) is 1.54. The van der Waals surface area contributed by atoms with Crippen molar-refractivity contribution in [1.29, 1.82) is 0 Å². The molecule has 0 aromatic carbocycles. The van der Waals surface area contributed by atoms with Crippen LogP contribution in [0.25, 0.3) is 0 Å². The number of hydrogen-bond acceptors (Lipinski definition) is 2. The van der Waals surface area contributed by atoms with Crippen molar-refractivity contribution >= 4 is 24.8 Å². The summed E-state index contributed by atoms with van der Waals surface area (Å²) in [4.78, 5) is 4.05. The predicted molar refractivity (Wildman–Crippen MR) is 58.9 cm³/mol. The highest BCUT2D eigenvalue weighted by molar-refractivity contribution is 5.85. The van der Waals surface area contributed by atoms with Gasteiger partial charge in [-0.1, -0.05) is 0 Å². The summed E-state index contributed by atoms with van der Waals surface area (Å²) < 4.78 is 12.5. The molecule has 0 bridgehead atoms. The van der Waals surface area contributed by atoms with E-state index in [1.807, 2.05) is 0 Å². The number of aromatic nitrogens is 1. The Balaban J connectivity index is 0.000000845. The highest BCUT2D eigenvalue weighted by atomic mass is 35.5. The lowest BCUT2D eigenvalue weighted by molar-refractivity contribution is 0.614. The second kappa shape index (κ2) is 6.17. The molecule has 0 saturated carbocycles. The summed E-state index contributed by atoms with van der Waals surface area (Å²) in [7, 11) is 0. The van der Waals surface area contributed by atoms with Gasteiger partial charge in [0.25, 0.3) is 0 Å². The Labute approximate surface area is 95.1 Å². The van der Waals surface area contributed by atoms with Crippen LogP contribution in [0.5, 0.6) is 0 Å². The molecule has 0 spiro atoms. The van der Waals surface area contributed by atoms with Crippen LogP contribution in [0.15, 0.2) is 18.3 Å². The van der Waals surface area contributed by atoms with Crippen LogP contribution in [-0.2, 0) is 0 Å². The van der Waals surface area contributed by atoms with Gasteiger partial charge in [0.2, 0.25) is 0 Å². The average Bonchev–Trinajstić information content (AvgIpc) is 2.58. The van der Waals surface area contributed by atoms with Crippen LogP contribution in [0, 0.1) is 5.82 Å². The van der Waals surface area contributed by atoms with Gasteiger partial charge in [-0.2, -0.15) is 0 Å². The normalized spacial score (nSPS) is 19.6. The van der Waals surface area contributed by atoms with E-state index in [-0.39, 0.29) is 30.6 Å². The van der Waals surface area contributed by atoms with Crippen molar-refractivity contribution in [2.24, 2.45) is 0 Å². The summed E-state index contributed by atoms with van der Waals surface area (Å²) in [6.45, 7) is 2.02. The van der Waals surface area contributed by atoms with Crippen LogP contribution in [-0.4, -0.2) is 18.1 Å². The van der Waals surface area contributed by atoms with Gasteiger partial charge in [0.05, 0.1) is 6.20 Å². The SMILES string of the molecule is Cl.Cl.Fc1ccc(C2CCNC2)nc1. The Morgan fingerprint density at radius 3 is 2.64 bits per heavy atom. The summed E-state index contributed by atoms with van der Waals surface area (Å²) >= 11 is 0. The first-order valence-electron chi connectivity index (χ1n) is 4.18. The van der Waals surface area contributed by atoms with E-state index >= 15 is 0 Å². The molecule has 80 valence electrons. The summed E-state index contributed by atoms with van der Waals surface area (Å²) in [5.41, 5.74) is 1.00. The number of nitrogens with zero attached hydrogens (tertiary/aromatic N) is 1. The van der Waals surface area contributed by atoms with E-state index in [0.717, 1.165) is 25.2 Å². The van der Waals surface area contributed by atoms with Crippen LogP contribution < -0.4 is 5.32 Å². The molecule has 1 atom stereocenters. The lowest BCUT2D eigenvalue weighted by atomic mass is 10.0. The Kier molecular flexibility index (Phi) is 6.00. The van der Waals surface area contributed by atoms with Crippen LogP contribution in [0.3, 0.4) is 0 Å². The first-order valence-corrected chi connectivity index (χ1v) is 4.18. The third-order valence-corrected chi connectivity index (χ3v) is 2.23. The zero-order valence-corrected chi connectivity index (χ0v) is 9.21. The molecule has 2 nitrogen and oxygen atoms in total. The molecule has 1 aromatic heterocycles. The van der Waals surface area contributed by atoms with Crippen molar-refractivity contribution in [3.8, 4) is 0 Å². The van der Waals surface area contributed by atoms with Crippen molar-refractivity contribution < 1.29 is 4.39 Å². The molecule has 1 aliphatic rings. The van der Waals surface area contributed by atoms with E-state index < -0.39 is 0 Å². The van der Waals surface area contributed by atoms with Crippen molar-refractivity contribution in [2.75, 3.05) is 13.1 Å². The maximum atomic E-state index is 12.5. The number of pyridine rings is 1. The smallest absolute Gasteiger partial charge is 0.141 e. The van der Waals surface area contributed by atoms with Crippen LogP contribution in [0.1, 0.15) is 18.0 Å². The molecule has 14 heavy (non-hydrogen) atoms. The third-order valence-electron chi connectivity index (χ3n) is 2.23. The number of hydrogen-bond donors (Lipinski definition) is 1. The third kappa shape index (κ3) is 3.08. The Morgan fingerprint density at radius 2 is 2.14 bits per heavy atom. The molecule has 5 heteroatoms. The predicted octanol–water partition coefficient (Wildman–Crippen LogP) is 2.14. The van der Waals surface area contributed by atoms with E-state index in [0.29, 0.717) is 5.92 Å². The van der Waals surface area contributed by atoms with Gasteiger partial charge in [-0.3, -0.25) is 4.98 Å². The molecule has 2 heterocycles. The first kappa shape index (κ1) is 13.6. The largest absolute Gasteiger partial charge is 0.316 e. The van der Waals surface area contributed by atoms with Crippen molar-refractivity contribution in [3.63, 3.8) is 0 Å². The van der Waals surface area contributed by atoms with E-state index in [4.69, 9.17) is 0 Å². The fourth-order valence-electron chi connectivity index (χ4n) is 1.54. The Hall–Kier alpha value is -0.380. The van der Waals surface area contributed by atoms with Gasteiger partial charge >= 0.3 is 0 Å². The molecular formula is C9H13Cl2FN2. The molecule has 1 fully saturated rings. The zero-order chi connectivity index (χ0) is 8.39. The van der Waals surface area contributed by atoms with Crippen LogP contribution in [0.2, 0.25) is 0 Å². The van der Waals surface area contributed by atoms with Crippen molar-refractivity contribution in [1.82, 2.24) is 10.3 Å². The number of halogens is 3. The lowest BCUT2D eigenvalue weighted by Crippen LogP contribution is -2.08. The summed E-state index contributed by atoms with van der Waals surface area (Å²) in [5.74, 6) is 0.218. The van der Waals surface area contributed by atoms with Gasteiger partial charge in [-0.05, 0) is 25.1 Å². The molecule has 2 rings (SSSR count). The molecule has 1 saturated heterocycles. The van der Waals surface area contributed by atoms with Crippen LogP contribution in [0.4, 0.5) is 4.39 Å². The van der Waals surface area contributed by atoms with E-state index in [2.05, 4.69) is 10.3 Å². The van der Waals surface area contributed by atoms with E-state index in [1.165, 1.54) is 12.3 Å². The maximum absolute atomic E-state index is 12.5. The van der Waals surface area contributed by atoms with Crippen molar-refractivity contribution in [2.45, 2.75) is 12.3 Å². The second-order valence-corrected chi connectivity index (χ2v) is 3.09. The molecule has 1 N–H and O–H groups in total. The van der Waals surface area contributed by atoms with Crippen molar-refractivity contribution in [3.05, 3.63) is 29.8 Å². The second-order valence-electron chi connectivity index (χ2n) is 3.09. The van der Waals surface area contributed by atoms with E-state index in [9.17, 15) is 4.39 Å². The molecule has 1 aliphatic heterocycles. The zero-order valence-electron chi connectivity index (χ0n) is 7.57. The van der Waals surface area contributed by atoms with Gasteiger partial charge in [0.1, 0.15) is 5.82 Å². The molecule has 1 unspecified atom stereocenters. The molecular weight excluding hydrogens is 226 g/mol. The minimum atomic E-state index is -0.260. The Morgan fingerprint density at radius 1 is 1.36 bits per heavy atom. The highest BCUT2D eigenvalue weighted by Crippen LogP contribution is 2.19. The summed E-state index contributed by atoms with van der Waals surface area (Å²) in [5, 5.41) is 3.25. The summed E-state index contributed by atoms with van der Waals surface area (Å²) in [6, 6.07) is 3.24. The quantitative estimate of drug-likeness (QED) is 0.812. The highest BCUT2D eigenvalue weighted by Gasteiger charge is 2.17. The topological polar surface area (TPSA) is 24.9 Å². The number of nitrogens with one attached hydrogen (secondary N) is 1. The molecule has 0 radical (unpaired) electrons. The van der Waals surface area contributed by atoms with Gasteiger partial charge < -0.3 is 5.32 Å². The van der Waals surface area contributed by atoms with E-state index in [1.54, 1.807) is 6.07 Å². The fraction of sp³-hybridized carbons (Fsp3) is 0.444. The first-order chi connectivity index (χ1) is 5.86. The lowest BCUT2D eigenvalue weighted by Gasteiger charge is -2.05. The Bertz CT molecular complexity index is 260. The molecule has 0 amide bonds. The average molecular weight is 239 g/mol. The monoisotopic (exact) mass is 238 g/mol. The van der Waals surface area contributed by atoms with Gasteiger partial charge in [-0.25, -0.2) is 4.39 Å². The van der Waals surface area contributed by atoms with Gasteiger partial charge in [-0.15, -0.1) is 24.8 Å². The molecule has 1 aromatic rings. The standard InChI is InChI=1S/C9H11FN2.2ClH/c10-8-1-2-9(12-6-8)7-3-4-11-5-7;;/h1-2,6-7,11H,3-5H2;2*1H.